The van der Waals surface area contributed by atoms with E-state index in [4.69, 9.17) is 5.11 Å². The first-order chi connectivity index (χ1) is 7.87. The highest BCUT2D eigenvalue weighted by molar-refractivity contribution is 7.86. The van der Waals surface area contributed by atoms with Crippen LogP contribution >= 0.6 is 0 Å². The van der Waals surface area contributed by atoms with E-state index in [2.05, 4.69) is 0 Å². The minimum absolute atomic E-state index is 0.0424. The average molecular weight is 272 g/mol. The summed E-state index contributed by atoms with van der Waals surface area (Å²) in [6.45, 7) is -0.189. The molecule has 0 unspecified atom stereocenters. The number of nitrogens with zero attached hydrogens (tertiary/aromatic N) is 2. The van der Waals surface area contributed by atoms with Gasteiger partial charge in [-0.1, -0.05) is 0 Å². The summed E-state index contributed by atoms with van der Waals surface area (Å²) in [6.07, 6.45) is -1.54. The van der Waals surface area contributed by atoms with Gasteiger partial charge in [-0.2, -0.15) is 17.0 Å². The van der Waals surface area contributed by atoms with Gasteiger partial charge >= 0.3 is 0 Å². The van der Waals surface area contributed by atoms with Crippen LogP contribution in [0.25, 0.3) is 0 Å². The molecule has 0 aromatic heterocycles. The third kappa shape index (κ3) is 3.84. The normalized spacial score (nSPS) is 20.4. The number of rotatable bonds is 5. The molecule has 1 heterocycles. The minimum Gasteiger partial charge on any atom is -0.396 e. The van der Waals surface area contributed by atoms with E-state index in [9.17, 15) is 17.2 Å². The molecule has 0 radical (unpaired) electrons. The number of alkyl halides is 2. The van der Waals surface area contributed by atoms with E-state index in [-0.39, 0.29) is 25.6 Å². The summed E-state index contributed by atoms with van der Waals surface area (Å²) in [4.78, 5) is 0. The van der Waals surface area contributed by atoms with Gasteiger partial charge in [-0.05, 0) is 18.8 Å². The Morgan fingerprint density at radius 3 is 2.35 bits per heavy atom. The van der Waals surface area contributed by atoms with Gasteiger partial charge in [0.25, 0.3) is 16.6 Å². The maximum Gasteiger partial charge on any atom is 0.281 e. The van der Waals surface area contributed by atoms with Crippen LogP contribution < -0.4 is 0 Å². The molecule has 0 saturated carbocycles. The van der Waals surface area contributed by atoms with Crippen LogP contribution in [-0.2, 0) is 10.2 Å². The van der Waals surface area contributed by atoms with Crippen LogP contribution in [-0.4, -0.2) is 61.8 Å². The summed E-state index contributed by atoms with van der Waals surface area (Å²) in [5.41, 5.74) is 0. The maximum atomic E-state index is 12.1. The molecule has 5 nitrogen and oxygen atoms in total. The van der Waals surface area contributed by atoms with Crippen LogP contribution in [0.4, 0.5) is 8.78 Å². The van der Waals surface area contributed by atoms with Gasteiger partial charge in [-0.3, -0.25) is 0 Å². The molecule has 8 heteroatoms. The number of aliphatic hydroxyl groups is 1. The second-order valence-corrected chi connectivity index (χ2v) is 6.24. The van der Waals surface area contributed by atoms with Crippen molar-refractivity contribution in [2.24, 2.45) is 5.92 Å². The van der Waals surface area contributed by atoms with Crippen LogP contribution in [0.2, 0.25) is 0 Å². The van der Waals surface area contributed by atoms with Gasteiger partial charge in [0, 0.05) is 26.7 Å². The number of hydrogen-bond donors (Lipinski definition) is 1. The SMILES string of the molecule is CN(CC(F)F)S(=O)(=O)N1CCC(CO)CC1. The van der Waals surface area contributed by atoms with E-state index in [1.807, 2.05) is 0 Å². The fourth-order valence-corrected chi connectivity index (χ4v) is 3.18. The zero-order chi connectivity index (χ0) is 13.1. The van der Waals surface area contributed by atoms with Crippen molar-refractivity contribution in [3.8, 4) is 0 Å². The molecule has 1 fully saturated rings. The Hall–Kier alpha value is -0.310. The zero-order valence-corrected chi connectivity index (χ0v) is 10.5. The van der Waals surface area contributed by atoms with Crippen molar-refractivity contribution in [1.82, 2.24) is 8.61 Å². The van der Waals surface area contributed by atoms with Crippen molar-refractivity contribution in [2.75, 3.05) is 33.3 Å². The Labute approximate surface area is 100 Å². The Kier molecular flexibility index (Phi) is 5.23. The molecule has 1 saturated heterocycles. The average Bonchev–Trinajstić information content (AvgIpc) is 2.28. The van der Waals surface area contributed by atoms with Crippen molar-refractivity contribution in [3.63, 3.8) is 0 Å². The molecule has 1 rings (SSSR count). The Morgan fingerprint density at radius 1 is 1.41 bits per heavy atom. The van der Waals surface area contributed by atoms with Crippen LogP contribution in [0.5, 0.6) is 0 Å². The van der Waals surface area contributed by atoms with Crippen LogP contribution in [0.3, 0.4) is 0 Å². The van der Waals surface area contributed by atoms with Crippen molar-refractivity contribution in [1.29, 1.82) is 0 Å². The zero-order valence-electron chi connectivity index (χ0n) is 9.72. The van der Waals surface area contributed by atoms with Gasteiger partial charge in [-0.15, -0.1) is 0 Å². The highest BCUT2D eigenvalue weighted by Crippen LogP contribution is 2.20. The molecular weight excluding hydrogens is 254 g/mol. The fraction of sp³-hybridized carbons (Fsp3) is 1.00. The lowest BCUT2D eigenvalue weighted by Gasteiger charge is -2.32. The van der Waals surface area contributed by atoms with Crippen LogP contribution in [0.1, 0.15) is 12.8 Å². The third-order valence-corrected chi connectivity index (χ3v) is 4.90. The Morgan fingerprint density at radius 2 is 1.94 bits per heavy atom. The minimum atomic E-state index is -3.78. The van der Waals surface area contributed by atoms with Crippen molar-refractivity contribution >= 4 is 10.2 Å². The van der Waals surface area contributed by atoms with Gasteiger partial charge in [0.15, 0.2) is 0 Å². The lowest BCUT2D eigenvalue weighted by Crippen LogP contribution is -2.47. The van der Waals surface area contributed by atoms with Gasteiger partial charge in [0.2, 0.25) is 0 Å². The first kappa shape index (κ1) is 14.7. The second kappa shape index (κ2) is 6.03. The molecule has 1 N–H and O–H groups in total. The van der Waals surface area contributed by atoms with Crippen molar-refractivity contribution < 1.29 is 22.3 Å². The lowest BCUT2D eigenvalue weighted by molar-refractivity contribution is 0.121. The van der Waals surface area contributed by atoms with E-state index < -0.39 is 23.2 Å². The third-order valence-electron chi connectivity index (χ3n) is 2.95. The molecule has 0 aromatic rings. The molecule has 1 aliphatic rings. The van der Waals surface area contributed by atoms with E-state index in [0.29, 0.717) is 17.1 Å². The molecule has 1 aliphatic heterocycles. The van der Waals surface area contributed by atoms with Crippen LogP contribution in [0, 0.1) is 5.92 Å². The van der Waals surface area contributed by atoms with Crippen LogP contribution in [0.15, 0.2) is 0 Å². The van der Waals surface area contributed by atoms with E-state index in [1.54, 1.807) is 0 Å². The van der Waals surface area contributed by atoms with E-state index in [0.717, 1.165) is 7.05 Å². The fourth-order valence-electron chi connectivity index (χ4n) is 1.81. The topological polar surface area (TPSA) is 60.9 Å². The number of aliphatic hydroxyl groups excluding tert-OH is 1. The highest BCUT2D eigenvalue weighted by atomic mass is 32.2. The quantitative estimate of drug-likeness (QED) is 0.774. The number of piperidine rings is 1. The summed E-state index contributed by atoms with van der Waals surface area (Å²) in [5, 5.41) is 8.93. The maximum absolute atomic E-state index is 12.1. The summed E-state index contributed by atoms with van der Waals surface area (Å²) >= 11 is 0. The predicted molar refractivity (Wildman–Crippen MR) is 58.9 cm³/mol. The Balaban J connectivity index is 2.59. The van der Waals surface area contributed by atoms with Crippen molar-refractivity contribution in [3.05, 3.63) is 0 Å². The van der Waals surface area contributed by atoms with Gasteiger partial charge in [0.05, 0.1) is 6.54 Å². The largest absolute Gasteiger partial charge is 0.396 e. The summed E-state index contributed by atoms with van der Waals surface area (Å²) in [6, 6.07) is 0. The monoisotopic (exact) mass is 272 g/mol. The highest BCUT2D eigenvalue weighted by Gasteiger charge is 2.31. The predicted octanol–water partition coefficient (Wildman–Crippen LogP) is 0.132. The summed E-state index contributed by atoms with van der Waals surface area (Å²) in [7, 11) is -2.63. The molecular formula is C9H18F2N2O3S. The summed E-state index contributed by atoms with van der Waals surface area (Å²) < 4.78 is 49.9. The van der Waals surface area contributed by atoms with E-state index >= 15 is 0 Å². The standard InChI is InChI=1S/C9H18F2N2O3S/c1-12(6-9(10)11)17(15,16)13-4-2-8(7-14)3-5-13/h8-9,14H,2-7H2,1H3. The second-order valence-electron chi connectivity index (χ2n) is 4.20. The lowest BCUT2D eigenvalue weighted by atomic mass is 10.00. The molecule has 0 aliphatic carbocycles. The van der Waals surface area contributed by atoms with E-state index in [1.165, 1.54) is 4.31 Å². The Bertz CT molecular complexity index is 329. The number of halogens is 2. The number of hydrogen-bond acceptors (Lipinski definition) is 3. The molecule has 0 amide bonds. The first-order valence-electron chi connectivity index (χ1n) is 5.48. The molecule has 17 heavy (non-hydrogen) atoms. The van der Waals surface area contributed by atoms with Gasteiger partial charge in [-0.25, -0.2) is 8.78 Å². The molecule has 0 aromatic carbocycles. The smallest absolute Gasteiger partial charge is 0.281 e. The molecule has 0 bridgehead atoms. The van der Waals surface area contributed by atoms with Crippen molar-refractivity contribution in [2.45, 2.75) is 19.3 Å². The molecule has 102 valence electrons. The first-order valence-corrected chi connectivity index (χ1v) is 6.88. The molecule has 0 atom stereocenters. The van der Waals surface area contributed by atoms with Gasteiger partial charge < -0.3 is 5.11 Å². The molecule has 0 spiro atoms. The summed E-state index contributed by atoms with van der Waals surface area (Å²) in [5.74, 6) is 0.113. The van der Waals surface area contributed by atoms with Gasteiger partial charge in [0.1, 0.15) is 0 Å².